The normalized spacial score (nSPS) is 10.8. The quantitative estimate of drug-likeness (QED) is 0.675. The first-order valence-electron chi connectivity index (χ1n) is 4.79. The molecule has 0 aromatic rings. The molecule has 0 unspecified atom stereocenters. The Hall–Kier alpha value is -0.530. The zero-order valence-electron chi connectivity index (χ0n) is 8.68. The van der Waals surface area contributed by atoms with Crippen molar-refractivity contribution in [3.8, 4) is 0 Å². The third kappa shape index (κ3) is 7.58. The lowest BCUT2D eigenvalue weighted by atomic mass is 10.1. The van der Waals surface area contributed by atoms with Crippen LogP contribution in [-0.4, -0.2) is 12.5 Å². The van der Waals surface area contributed by atoms with Gasteiger partial charge in [-0.1, -0.05) is 27.7 Å². The van der Waals surface area contributed by atoms with Crippen molar-refractivity contribution in [2.24, 2.45) is 11.8 Å². The molecule has 0 heterocycles. The Bertz CT molecular complexity index is 116. The van der Waals surface area contributed by atoms with Gasteiger partial charge in [0.2, 0.25) is 5.91 Å². The predicted octanol–water partition coefficient (Wildman–Crippen LogP) is 2.19. The van der Waals surface area contributed by atoms with Crippen LogP contribution in [0.25, 0.3) is 0 Å². The predicted molar refractivity (Wildman–Crippen MR) is 51.9 cm³/mol. The topological polar surface area (TPSA) is 29.1 Å². The molecule has 12 heavy (non-hydrogen) atoms. The van der Waals surface area contributed by atoms with Gasteiger partial charge in [-0.05, 0) is 18.3 Å². The Morgan fingerprint density at radius 2 is 1.75 bits per heavy atom. The zero-order chi connectivity index (χ0) is 9.56. The van der Waals surface area contributed by atoms with Crippen LogP contribution in [0.3, 0.4) is 0 Å². The SMILES string of the molecule is CC(C)CCC(=O)NCC(C)C. The first-order valence-corrected chi connectivity index (χ1v) is 4.79. The third-order valence-electron chi connectivity index (χ3n) is 1.66. The van der Waals surface area contributed by atoms with Crippen molar-refractivity contribution in [2.75, 3.05) is 6.54 Å². The summed E-state index contributed by atoms with van der Waals surface area (Å²) in [5, 5.41) is 2.90. The number of nitrogens with one attached hydrogen (secondary N) is 1. The fraction of sp³-hybridized carbons (Fsp3) is 0.900. The lowest BCUT2D eigenvalue weighted by Crippen LogP contribution is -2.27. The van der Waals surface area contributed by atoms with Gasteiger partial charge in [-0.25, -0.2) is 0 Å². The van der Waals surface area contributed by atoms with Crippen LogP contribution in [0.1, 0.15) is 40.5 Å². The molecule has 0 rings (SSSR count). The Labute approximate surface area is 75.7 Å². The number of rotatable bonds is 5. The minimum atomic E-state index is 0.192. The van der Waals surface area contributed by atoms with Crippen LogP contribution < -0.4 is 5.32 Å². The van der Waals surface area contributed by atoms with Gasteiger partial charge in [-0.3, -0.25) is 4.79 Å². The lowest BCUT2D eigenvalue weighted by Gasteiger charge is -2.08. The van der Waals surface area contributed by atoms with Crippen molar-refractivity contribution in [3.05, 3.63) is 0 Å². The molecule has 0 fully saturated rings. The van der Waals surface area contributed by atoms with Crippen LogP contribution >= 0.6 is 0 Å². The highest BCUT2D eigenvalue weighted by atomic mass is 16.1. The van der Waals surface area contributed by atoms with E-state index in [-0.39, 0.29) is 5.91 Å². The van der Waals surface area contributed by atoms with E-state index in [9.17, 15) is 4.79 Å². The highest BCUT2D eigenvalue weighted by Crippen LogP contribution is 2.02. The summed E-state index contributed by atoms with van der Waals surface area (Å²) in [5.41, 5.74) is 0. The maximum Gasteiger partial charge on any atom is 0.220 e. The second kappa shape index (κ2) is 6.04. The fourth-order valence-electron chi connectivity index (χ4n) is 0.826. The molecule has 0 saturated heterocycles. The van der Waals surface area contributed by atoms with Crippen LogP contribution in [0, 0.1) is 11.8 Å². The van der Waals surface area contributed by atoms with E-state index in [2.05, 4.69) is 33.0 Å². The fourth-order valence-corrected chi connectivity index (χ4v) is 0.826. The van der Waals surface area contributed by atoms with Crippen LogP contribution in [0.15, 0.2) is 0 Å². The molecule has 0 radical (unpaired) electrons. The summed E-state index contributed by atoms with van der Waals surface area (Å²) >= 11 is 0. The summed E-state index contributed by atoms with van der Waals surface area (Å²) in [5.74, 6) is 1.36. The molecule has 0 atom stereocenters. The van der Waals surface area contributed by atoms with Crippen LogP contribution in [0.5, 0.6) is 0 Å². The van der Waals surface area contributed by atoms with E-state index in [0.717, 1.165) is 13.0 Å². The molecule has 0 aliphatic carbocycles. The summed E-state index contributed by atoms with van der Waals surface area (Å²) < 4.78 is 0. The van der Waals surface area contributed by atoms with E-state index in [4.69, 9.17) is 0 Å². The van der Waals surface area contributed by atoms with E-state index in [0.29, 0.717) is 18.3 Å². The molecule has 72 valence electrons. The smallest absolute Gasteiger partial charge is 0.220 e. The van der Waals surface area contributed by atoms with Gasteiger partial charge in [0.05, 0.1) is 0 Å². The number of hydrogen-bond acceptors (Lipinski definition) is 1. The van der Waals surface area contributed by atoms with Gasteiger partial charge in [0.25, 0.3) is 0 Å². The average molecular weight is 171 g/mol. The van der Waals surface area contributed by atoms with E-state index in [1.54, 1.807) is 0 Å². The lowest BCUT2D eigenvalue weighted by molar-refractivity contribution is -0.121. The van der Waals surface area contributed by atoms with Gasteiger partial charge in [0, 0.05) is 13.0 Å². The number of carbonyl (C=O) groups excluding carboxylic acids is 1. The van der Waals surface area contributed by atoms with Crippen molar-refractivity contribution in [3.63, 3.8) is 0 Å². The monoisotopic (exact) mass is 171 g/mol. The first-order chi connectivity index (χ1) is 5.52. The number of carbonyl (C=O) groups is 1. The third-order valence-corrected chi connectivity index (χ3v) is 1.66. The van der Waals surface area contributed by atoms with Gasteiger partial charge >= 0.3 is 0 Å². The minimum absolute atomic E-state index is 0.192. The van der Waals surface area contributed by atoms with Gasteiger partial charge in [0.1, 0.15) is 0 Å². The van der Waals surface area contributed by atoms with E-state index in [1.165, 1.54) is 0 Å². The molecule has 0 aliphatic heterocycles. The summed E-state index contributed by atoms with van der Waals surface area (Å²) in [6, 6.07) is 0. The molecule has 0 bridgehead atoms. The summed E-state index contributed by atoms with van der Waals surface area (Å²) in [4.78, 5) is 11.1. The molecule has 0 saturated carbocycles. The Balaban J connectivity index is 3.34. The maximum atomic E-state index is 11.1. The summed E-state index contributed by atoms with van der Waals surface area (Å²) in [6.07, 6.45) is 1.66. The molecule has 0 aliphatic rings. The van der Waals surface area contributed by atoms with Crippen molar-refractivity contribution in [1.29, 1.82) is 0 Å². The molecule has 0 aromatic heterocycles. The van der Waals surface area contributed by atoms with Gasteiger partial charge in [-0.15, -0.1) is 0 Å². The highest BCUT2D eigenvalue weighted by molar-refractivity contribution is 5.75. The Morgan fingerprint density at radius 3 is 2.17 bits per heavy atom. The van der Waals surface area contributed by atoms with Gasteiger partial charge in [0.15, 0.2) is 0 Å². The minimum Gasteiger partial charge on any atom is -0.356 e. The molecule has 1 amide bonds. The number of hydrogen-bond donors (Lipinski definition) is 1. The van der Waals surface area contributed by atoms with Crippen LogP contribution in [0.4, 0.5) is 0 Å². The largest absolute Gasteiger partial charge is 0.356 e. The van der Waals surface area contributed by atoms with Crippen molar-refractivity contribution in [2.45, 2.75) is 40.5 Å². The summed E-state index contributed by atoms with van der Waals surface area (Å²) in [7, 11) is 0. The zero-order valence-corrected chi connectivity index (χ0v) is 8.68. The van der Waals surface area contributed by atoms with Crippen molar-refractivity contribution < 1.29 is 4.79 Å². The second-order valence-corrected chi connectivity index (χ2v) is 4.13. The Kier molecular flexibility index (Phi) is 5.77. The second-order valence-electron chi connectivity index (χ2n) is 4.13. The molecule has 2 nitrogen and oxygen atoms in total. The number of amides is 1. The van der Waals surface area contributed by atoms with Crippen LogP contribution in [-0.2, 0) is 4.79 Å². The summed E-state index contributed by atoms with van der Waals surface area (Å²) in [6.45, 7) is 9.27. The molecular formula is C10H21NO. The first kappa shape index (κ1) is 11.5. The van der Waals surface area contributed by atoms with Crippen molar-refractivity contribution in [1.82, 2.24) is 5.32 Å². The molecule has 1 N–H and O–H groups in total. The van der Waals surface area contributed by atoms with E-state index >= 15 is 0 Å². The highest BCUT2D eigenvalue weighted by Gasteiger charge is 2.03. The van der Waals surface area contributed by atoms with E-state index < -0.39 is 0 Å². The molecule has 0 spiro atoms. The molecule has 2 heteroatoms. The standard InChI is InChI=1S/C10H21NO/c1-8(2)5-6-10(12)11-7-9(3)4/h8-9H,5-7H2,1-4H3,(H,11,12). The average Bonchev–Trinajstić information content (AvgIpc) is 1.96. The van der Waals surface area contributed by atoms with E-state index in [1.807, 2.05) is 0 Å². The Morgan fingerprint density at radius 1 is 1.17 bits per heavy atom. The van der Waals surface area contributed by atoms with Crippen molar-refractivity contribution >= 4 is 5.91 Å². The molecule has 0 aromatic carbocycles. The van der Waals surface area contributed by atoms with Gasteiger partial charge in [-0.2, -0.15) is 0 Å². The molecular weight excluding hydrogens is 150 g/mol. The van der Waals surface area contributed by atoms with Gasteiger partial charge < -0.3 is 5.32 Å². The maximum absolute atomic E-state index is 11.1. The van der Waals surface area contributed by atoms with Crippen LogP contribution in [0.2, 0.25) is 0 Å².